The standard InChI is InChI=1S/C15H18N2OS/c1-10-14(19-12(3)16-10)15(18)17(4)11(2)13-8-6-5-7-9-13/h5-9,11H,1-4H3. The molecule has 1 unspecified atom stereocenters. The number of thiazole rings is 1. The first-order valence-corrected chi connectivity index (χ1v) is 7.08. The van der Waals surface area contributed by atoms with E-state index >= 15 is 0 Å². The lowest BCUT2D eigenvalue weighted by Crippen LogP contribution is -2.29. The van der Waals surface area contributed by atoms with Crippen molar-refractivity contribution in [1.82, 2.24) is 9.88 Å². The molecule has 0 saturated heterocycles. The van der Waals surface area contributed by atoms with Crippen LogP contribution in [0.15, 0.2) is 30.3 Å². The monoisotopic (exact) mass is 274 g/mol. The Morgan fingerprint density at radius 3 is 2.42 bits per heavy atom. The third kappa shape index (κ3) is 2.84. The summed E-state index contributed by atoms with van der Waals surface area (Å²) in [5.74, 6) is 0.0412. The van der Waals surface area contributed by atoms with Crippen molar-refractivity contribution >= 4 is 17.2 Å². The number of aromatic nitrogens is 1. The molecule has 4 heteroatoms. The summed E-state index contributed by atoms with van der Waals surface area (Å²) in [6.07, 6.45) is 0. The number of carbonyl (C=O) groups excluding carboxylic acids is 1. The van der Waals surface area contributed by atoms with Crippen molar-refractivity contribution in [3.63, 3.8) is 0 Å². The van der Waals surface area contributed by atoms with Gasteiger partial charge < -0.3 is 4.90 Å². The number of benzene rings is 1. The van der Waals surface area contributed by atoms with E-state index in [2.05, 4.69) is 4.98 Å². The van der Waals surface area contributed by atoms with Crippen molar-refractivity contribution in [2.24, 2.45) is 0 Å². The second kappa shape index (κ2) is 5.53. The van der Waals surface area contributed by atoms with E-state index in [1.165, 1.54) is 11.3 Å². The van der Waals surface area contributed by atoms with Gasteiger partial charge in [0.15, 0.2) is 0 Å². The molecule has 0 saturated carbocycles. The molecule has 0 spiro atoms. The van der Waals surface area contributed by atoms with Gasteiger partial charge in [-0.1, -0.05) is 30.3 Å². The lowest BCUT2D eigenvalue weighted by molar-refractivity contribution is 0.0746. The maximum atomic E-state index is 12.5. The van der Waals surface area contributed by atoms with Crippen LogP contribution in [0.4, 0.5) is 0 Å². The van der Waals surface area contributed by atoms with Crippen molar-refractivity contribution in [2.45, 2.75) is 26.8 Å². The molecule has 2 rings (SSSR count). The van der Waals surface area contributed by atoms with Crippen molar-refractivity contribution < 1.29 is 4.79 Å². The molecular weight excluding hydrogens is 256 g/mol. The molecule has 3 nitrogen and oxygen atoms in total. The Morgan fingerprint density at radius 1 is 1.26 bits per heavy atom. The van der Waals surface area contributed by atoms with E-state index in [1.54, 1.807) is 4.90 Å². The molecule has 0 aliphatic carbocycles. The van der Waals surface area contributed by atoms with Crippen LogP contribution in [0.2, 0.25) is 0 Å². The molecular formula is C15H18N2OS. The van der Waals surface area contributed by atoms with Gasteiger partial charge in [0.1, 0.15) is 4.88 Å². The van der Waals surface area contributed by atoms with Crippen LogP contribution in [-0.2, 0) is 0 Å². The molecule has 19 heavy (non-hydrogen) atoms. The second-order valence-electron chi connectivity index (χ2n) is 4.65. The lowest BCUT2D eigenvalue weighted by atomic mass is 10.1. The van der Waals surface area contributed by atoms with Gasteiger partial charge in [-0.05, 0) is 26.3 Å². The first-order valence-electron chi connectivity index (χ1n) is 6.27. The van der Waals surface area contributed by atoms with Gasteiger partial charge in [0.25, 0.3) is 5.91 Å². The number of hydrogen-bond acceptors (Lipinski definition) is 3. The highest BCUT2D eigenvalue weighted by Crippen LogP contribution is 2.24. The van der Waals surface area contributed by atoms with Crippen LogP contribution in [0, 0.1) is 13.8 Å². The zero-order valence-corrected chi connectivity index (χ0v) is 12.5. The third-order valence-corrected chi connectivity index (χ3v) is 4.34. The van der Waals surface area contributed by atoms with Crippen LogP contribution in [0.5, 0.6) is 0 Å². The Kier molecular flexibility index (Phi) is 4.00. The quantitative estimate of drug-likeness (QED) is 0.857. The third-order valence-electron chi connectivity index (χ3n) is 3.28. The minimum absolute atomic E-state index is 0.0412. The lowest BCUT2D eigenvalue weighted by Gasteiger charge is -2.25. The molecule has 1 atom stereocenters. The zero-order valence-electron chi connectivity index (χ0n) is 11.7. The van der Waals surface area contributed by atoms with Crippen LogP contribution in [0.3, 0.4) is 0 Å². The number of aryl methyl sites for hydroxylation is 2. The molecule has 1 aromatic heterocycles. The fraction of sp³-hybridized carbons (Fsp3) is 0.333. The topological polar surface area (TPSA) is 33.2 Å². The van der Waals surface area contributed by atoms with Crippen LogP contribution < -0.4 is 0 Å². The van der Waals surface area contributed by atoms with Gasteiger partial charge in [-0.25, -0.2) is 4.98 Å². The van der Waals surface area contributed by atoms with Crippen LogP contribution >= 0.6 is 11.3 Å². The summed E-state index contributed by atoms with van der Waals surface area (Å²) in [6, 6.07) is 10.1. The number of amides is 1. The normalized spacial score (nSPS) is 12.2. The first kappa shape index (κ1) is 13.7. The van der Waals surface area contributed by atoms with E-state index in [0.717, 1.165) is 21.1 Å². The predicted octanol–water partition coefficient (Wildman–Crippen LogP) is 3.59. The minimum Gasteiger partial charge on any atom is -0.334 e. The molecule has 0 aliphatic rings. The van der Waals surface area contributed by atoms with Gasteiger partial charge in [-0.15, -0.1) is 11.3 Å². The SMILES string of the molecule is Cc1nc(C)c(C(=O)N(C)C(C)c2ccccc2)s1. The average molecular weight is 274 g/mol. The summed E-state index contributed by atoms with van der Waals surface area (Å²) in [5, 5.41) is 0.932. The molecule has 2 aromatic rings. The Balaban J connectivity index is 2.22. The van der Waals surface area contributed by atoms with Gasteiger partial charge in [0, 0.05) is 7.05 Å². The average Bonchev–Trinajstić information content (AvgIpc) is 2.76. The van der Waals surface area contributed by atoms with Gasteiger partial charge in [-0.2, -0.15) is 0 Å². The Hall–Kier alpha value is -1.68. The van der Waals surface area contributed by atoms with Gasteiger partial charge in [0.05, 0.1) is 16.7 Å². The first-order chi connectivity index (χ1) is 9.00. The molecule has 0 N–H and O–H groups in total. The number of nitrogens with zero attached hydrogens (tertiary/aromatic N) is 2. The maximum absolute atomic E-state index is 12.5. The van der Waals surface area contributed by atoms with E-state index in [9.17, 15) is 4.79 Å². The van der Waals surface area contributed by atoms with Crippen molar-refractivity contribution in [3.8, 4) is 0 Å². The van der Waals surface area contributed by atoms with Crippen LogP contribution in [-0.4, -0.2) is 22.8 Å². The zero-order chi connectivity index (χ0) is 14.0. The fourth-order valence-corrected chi connectivity index (χ4v) is 2.92. The van der Waals surface area contributed by atoms with Crippen molar-refractivity contribution in [2.75, 3.05) is 7.05 Å². The van der Waals surface area contributed by atoms with Gasteiger partial charge in [0.2, 0.25) is 0 Å². The summed E-state index contributed by atoms with van der Waals surface area (Å²) in [7, 11) is 1.84. The van der Waals surface area contributed by atoms with Gasteiger partial charge in [-0.3, -0.25) is 4.79 Å². The summed E-state index contributed by atoms with van der Waals surface area (Å²) in [4.78, 5) is 19.3. The van der Waals surface area contributed by atoms with Crippen molar-refractivity contribution in [1.29, 1.82) is 0 Å². The van der Waals surface area contributed by atoms with E-state index in [-0.39, 0.29) is 11.9 Å². The largest absolute Gasteiger partial charge is 0.334 e. The van der Waals surface area contributed by atoms with Crippen molar-refractivity contribution in [3.05, 3.63) is 51.5 Å². The van der Waals surface area contributed by atoms with E-state index < -0.39 is 0 Å². The second-order valence-corrected chi connectivity index (χ2v) is 5.85. The highest BCUT2D eigenvalue weighted by Gasteiger charge is 2.22. The Bertz CT molecular complexity index is 577. The predicted molar refractivity (Wildman–Crippen MR) is 78.5 cm³/mol. The Labute approximate surface area is 117 Å². The molecule has 1 amide bonds. The summed E-state index contributed by atoms with van der Waals surface area (Å²) >= 11 is 1.46. The molecule has 0 fully saturated rings. The number of carbonyl (C=O) groups is 1. The summed E-state index contributed by atoms with van der Waals surface area (Å²) in [6.45, 7) is 5.85. The molecule has 1 aromatic carbocycles. The highest BCUT2D eigenvalue weighted by atomic mass is 32.1. The molecule has 0 aliphatic heterocycles. The number of rotatable bonds is 3. The fourth-order valence-electron chi connectivity index (χ4n) is 2.02. The van der Waals surface area contributed by atoms with Crippen LogP contribution in [0.1, 0.15) is 38.9 Å². The summed E-state index contributed by atoms with van der Waals surface area (Å²) in [5.41, 5.74) is 1.96. The van der Waals surface area contributed by atoms with E-state index in [0.29, 0.717) is 0 Å². The minimum atomic E-state index is 0.0412. The molecule has 100 valence electrons. The maximum Gasteiger partial charge on any atom is 0.266 e. The van der Waals surface area contributed by atoms with Crippen LogP contribution in [0.25, 0.3) is 0 Å². The molecule has 0 radical (unpaired) electrons. The highest BCUT2D eigenvalue weighted by molar-refractivity contribution is 7.13. The van der Waals surface area contributed by atoms with Gasteiger partial charge >= 0.3 is 0 Å². The Morgan fingerprint density at radius 2 is 1.89 bits per heavy atom. The summed E-state index contributed by atoms with van der Waals surface area (Å²) < 4.78 is 0. The molecule has 1 heterocycles. The number of hydrogen-bond donors (Lipinski definition) is 0. The van der Waals surface area contributed by atoms with E-state index in [4.69, 9.17) is 0 Å². The molecule has 0 bridgehead atoms. The smallest absolute Gasteiger partial charge is 0.266 e. The van der Waals surface area contributed by atoms with E-state index in [1.807, 2.05) is 58.2 Å².